The Kier molecular flexibility index (Phi) is 4.59. The van der Waals surface area contributed by atoms with Crippen LogP contribution in [0.3, 0.4) is 0 Å². The SMILES string of the molecule is Brc1ccc2sc3cccc(C4=c5ccccc5=CCC(c5ccccc5)=N4)c3c2c1. The molecule has 0 amide bonds. The third-order valence-corrected chi connectivity index (χ3v) is 7.43. The maximum atomic E-state index is 5.31. The van der Waals surface area contributed by atoms with Gasteiger partial charge in [-0.15, -0.1) is 11.3 Å². The molecular formula is C28H18BrNS. The molecule has 2 heterocycles. The van der Waals surface area contributed by atoms with Crippen molar-refractivity contribution >= 4 is 64.9 Å². The van der Waals surface area contributed by atoms with Gasteiger partial charge in [-0.05, 0) is 35.0 Å². The zero-order valence-corrected chi connectivity index (χ0v) is 19.1. The molecule has 1 aliphatic heterocycles. The van der Waals surface area contributed by atoms with Gasteiger partial charge in [0.15, 0.2) is 0 Å². The monoisotopic (exact) mass is 479 g/mol. The van der Waals surface area contributed by atoms with E-state index in [1.165, 1.54) is 41.7 Å². The van der Waals surface area contributed by atoms with Gasteiger partial charge in [0.2, 0.25) is 0 Å². The summed E-state index contributed by atoms with van der Waals surface area (Å²) in [5.41, 5.74) is 4.52. The molecular weight excluding hydrogens is 462 g/mol. The maximum Gasteiger partial charge on any atom is 0.0790 e. The van der Waals surface area contributed by atoms with E-state index in [1.807, 2.05) is 11.3 Å². The number of nitrogens with zero attached hydrogens (tertiary/aromatic N) is 1. The van der Waals surface area contributed by atoms with Gasteiger partial charge in [-0.25, -0.2) is 0 Å². The predicted molar refractivity (Wildman–Crippen MR) is 137 cm³/mol. The summed E-state index contributed by atoms with van der Waals surface area (Å²) in [4.78, 5) is 5.31. The van der Waals surface area contributed by atoms with Gasteiger partial charge >= 0.3 is 0 Å². The normalized spacial score (nSPS) is 13.6. The van der Waals surface area contributed by atoms with Crippen molar-refractivity contribution in [1.82, 2.24) is 0 Å². The molecule has 1 aliphatic rings. The lowest BCUT2D eigenvalue weighted by Gasteiger charge is -2.09. The molecule has 148 valence electrons. The van der Waals surface area contributed by atoms with E-state index >= 15 is 0 Å². The third-order valence-electron chi connectivity index (χ3n) is 5.80. The smallest absolute Gasteiger partial charge is 0.0790 e. The highest BCUT2D eigenvalue weighted by Crippen LogP contribution is 2.39. The van der Waals surface area contributed by atoms with Crippen LogP contribution < -0.4 is 10.4 Å². The van der Waals surface area contributed by atoms with Crippen LogP contribution in [0.15, 0.2) is 100 Å². The molecule has 0 N–H and O–H groups in total. The minimum Gasteiger partial charge on any atom is -0.251 e. The summed E-state index contributed by atoms with van der Waals surface area (Å²) in [5.74, 6) is 0. The first-order valence-corrected chi connectivity index (χ1v) is 11.9. The average Bonchev–Trinajstić information content (AvgIpc) is 3.06. The molecule has 0 atom stereocenters. The molecule has 0 unspecified atom stereocenters. The molecule has 0 saturated carbocycles. The fourth-order valence-electron chi connectivity index (χ4n) is 4.35. The summed E-state index contributed by atoms with van der Waals surface area (Å²) in [5, 5.41) is 4.99. The van der Waals surface area contributed by atoms with Crippen LogP contribution in [-0.4, -0.2) is 5.71 Å². The van der Waals surface area contributed by atoms with Crippen LogP contribution in [0.4, 0.5) is 0 Å². The minimum absolute atomic E-state index is 0.816. The molecule has 0 spiro atoms. The topological polar surface area (TPSA) is 12.4 Å². The second-order valence-electron chi connectivity index (χ2n) is 7.69. The average molecular weight is 480 g/mol. The standard InChI is InChI=1S/C28H18BrNS/c29-20-14-16-25-23(17-20)27-22(11-6-12-26(27)31-25)28-21-10-5-4-7-18(21)13-15-24(30-28)19-8-2-1-3-9-19/h1-14,16-17H,15H2. The minimum atomic E-state index is 0.816. The van der Waals surface area contributed by atoms with Gasteiger partial charge in [0.1, 0.15) is 0 Å². The third kappa shape index (κ3) is 3.25. The summed E-state index contributed by atoms with van der Waals surface area (Å²) in [6, 6.07) is 32.3. The van der Waals surface area contributed by atoms with Gasteiger partial charge in [-0.2, -0.15) is 0 Å². The fraction of sp³-hybridized carbons (Fsp3) is 0.0357. The highest BCUT2D eigenvalue weighted by Gasteiger charge is 2.16. The molecule has 1 aromatic heterocycles. The van der Waals surface area contributed by atoms with Crippen LogP contribution in [0.1, 0.15) is 17.5 Å². The fourth-order valence-corrected chi connectivity index (χ4v) is 5.83. The highest BCUT2D eigenvalue weighted by molar-refractivity contribution is 9.10. The molecule has 6 rings (SSSR count). The molecule has 0 radical (unpaired) electrons. The van der Waals surface area contributed by atoms with Crippen molar-refractivity contribution in [3.05, 3.63) is 117 Å². The number of thiophene rings is 1. The number of halogens is 1. The Morgan fingerprint density at radius 2 is 1.61 bits per heavy atom. The van der Waals surface area contributed by atoms with Crippen molar-refractivity contribution in [2.75, 3.05) is 0 Å². The van der Waals surface area contributed by atoms with Crippen LogP contribution in [0.5, 0.6) is 0 Å². The van der Waals surface area contributed by atoms with E-state index in [-0.39, 0.29) is 0 Å². The summed E-state index contributed by atoms with van der Waals surface area (Å²) in [6.07, 6.45) is 3.12. The lowest BCUT2D eigenvalue weighted by Crippen LogP contribution is -2.25. The summed E-state index contributed by atoms with van der Waals surface area (Å²) < 4.78 is 3.69. The summed E-state index contributed by atoms with van der Waals surface area (Å²) in [7, 11) is 0. The van der Waals surface area contributed by atoms with Crippen molar-refractivity contribution in [3.8, 4) is 0 Å². The number of rotatable bonds is 2. The van der Waals surface area contributed by atoms with Gasteiger partial charge in [0, 0.05) is 41.8 Å². The molecule has 31 heavy (non-hydrogen) atoms. The summed E-state index contributed by atoms with van der Waals surface area (Å²) in [6.45, 7) is 0. The van der Waals surface area contributed by atoms with E-state index in [4.69, 9.17) is 4.99 Å². The number of aliphatic imine (C=N–C) groups is 1. The van der Waals surface area contributed by atoms with E-state index in [1.54, 1.807) is 0 Å². The van der Waals surface area contributed by atoms with Crippen molar-refractivity contribution in [3.63, 3.8) is 0 Å². The Hall–Kier alpha value is -3.01. The Morgan fingerprint density at radius 3 is 2.52 bits per heavy atom. The Morgan fingerprint density at radius 1 is 0.774 bits per heavy atom. The van der Waals surface area contributed by atoms with E-state index in [9.17, 15) is 0 Å². The van der Waals surface area contributed by atoms with E-state index in [0.717, 1.165) is 22.3 Å². The lowest BCUT2D eigenvalue weighted by molar-refractivity contribution is 1.42. The lowest BCUT2D eigenvalue weighted by atomic mass is 10.0. The van der Waals surface area contributed by atoms with Crippen molar-refractivity contribution < 1.29 is 0 Å². The van der Waals surface area contributed by atoms with Gasteiger partial charge in [0.05, 0.1) is 11.4 Å². The Balaban J connectivity index is 1.74. The van der Waals surface area contributed by atoms with Crippen LogP contribution in [0.25, 0.3) is 31.9 Å². The van der Waals surface area contributed by atoms with E-state index in [0.29, 0.717) is 0 Å². The first-order chi connectivity index (χ1) is 15.3. The molecule has 4 aromatic carbocycles. The second-order valence-corrected chi connectivity index (χ2v) is 9.69. The molecule has 0 aliphatic carbocycles. The van der Waals surface area contributed by atoms with E-state index < -0.39 is 0 Å². The Bertz CT molecular complexity index is 1610. The number of fused-ring (bicyclic) bond motifs is 4. The molecule has 1 nitrogen and oxygen atoms in total. The van der Waals surface area contributed by atoms with Crippen LogP contribution in [-0.2, 0) is 0 Å². The van der Waals surface area contributed by atoms with Gasteiger partial charge < -0.3 is 0 Å². The molecule has 0 fully saturated rings. The zero-order valence-electron chi connectivity index (χ0n) is 16.7. The first kappa shape index (κ1) is 18.7. The van der Waals surface area contributed by atoms with Gasteiger partial charge in [-0.3, -0.25) is 4.99 Å². The number of benzene rings is 4. The second kappa shape index (κ2) is 7.60. The molecule has 5 aromatic rings. The van der Waals surface area contributed by atoms with Crippen molar-refractivity contribution in [2.45, 2.75) is 6.42 Å². The molecule has 0 bridgehead atoms. The van der Waals surface area contributed by atoms with Gasteiger partial charge in [0.25, 0.3) is 0 Å². The van der Waals surface area contributed by atoms with Crippen molar-refractivity contribution in [1.29, 1.82) is 0 Å². The zero-order chi connectivity index (χ0) is 20.8. The largest absolute Gasteiger partial charge is 0.251 e. The quantitative estimate of drug-likeness (QED) is 0.268. The Labute approximate surface area is 192 Å². The molecule has 3 heteroatoms. The first-order valence-electron chi connectivity index (χ1n) is 10.3. The van der Waals surface area contributed by atoms with Crippen LogP contribution in [0, 0.1) is 0 Å². The number of hydrogen-bond acceptors (Lipinski definition) is 2. The highest BCUT2D eigenvalue weighted by atomic mass is 79.9. The number of hydrogen-bond donors (Lipinski definition) is 0. The summed E-state index contributed by atoms with van der Waals surface area (Å²) >= 11 is 5.51. The van der Waals surface area contributed by atoms with Crippen LogP contribution in [0.2, 0.25) is 0 Å². The molecule has 0 saturated heterocycles. The van der Waals surface area contributed by atoms with Gasteiger partial charge in [-0.1, -0.05) is 88.7 Å². The maximum absolute atomic E-state index is 5.31. The van der Waals surface area contributed by atoms with Crippen LogP contribution >= 0.6 is 27.3 Å². The predicted octanol–water partition coefficient (Wildman–Crippen LogP) is 6.65. The van der Waals surface area contributed by atoms with Crippen molar-refractivity contribution in [2.24, 2.45) is 4.99 Å². The van der Waals surface area contributed by atoms with E-state index in [2.05, 4.69) is 113 Å².